The Kier molecular flexibility index (Phi) is 4.16. The molecule has 1 aliphatic carbocycles. The average Bonchev–Trinajstić information content (AvgIpc) is 3.07. The van der Waals surface area contributed by atoms with Crippen molar-refractivity contribution < 1.29 is 13.2 Å². The largest absolute Gasteiger partial charge is 0.349 e. The van der Waals surface area contributed by atoms with Gasteiger partial charge in [0.15, 0.2) is 0 Å². The maximum absolute atomic E-state index is 12.0. The van der Waals surface area contributed by atoms with Crippen LogP contribution in [0.2, 0.25) is 0 Å². The van der Waals surface area contributed by atoms with E-state index in [1.807, 2.05) is 0 Å². The summed E-state index contributed by atoms with van der Waals surface area (Å²) in [6.07, 6.45) is 3.23. The van der Waals surface area contributed by atoms with Crippen molar-refractivity contribution in [3.8, 4) is 0 Å². The second-order valence-electron chi connectivity index (χ2n) is 4.83. The molecular weight excluding hydrogens is 286 g/mol. The summed E-state index contributed by atoms with van der Waals surface area (Å²) < 4.78 is 22.4. The first-order valence-electron chi connectivity index (χ1n) is 6.27. The smallest absolute Gasteiger partial charge is 0.261 e. The van der Waals surface area contributed by atoms with Crippen molar-refractivity contribution in [1.82, 2.24) is 5.32 Å². The number of rotatable bonds is 5. The molecule has 0 heterocycles. The van der Waals surface area contributed by atoms with Gasteiger partial charge in [-0.1, -0.05) is 19.4 Å². The molecule has 6 heteroatoms. The molecule has 0 bridgehead atoms. The van der Waals surface area contributed by atoms with Gasteiger partial charge in [-0.05, 0) is 37.0 Å². The molecule has 104 valence electrons. The van der Waals surface area contributed by atoms with Gasteiger partial charge in [0.25, 0.3) is 15.0 Å². The predicted octanol–water partition coefficient (Wildman–Crippen LogP) is 2.53. The summed E-state index contributed by atoms with van der Waals surface area (Å²) in [4.78, 5) is 11.9. The summed E-state index contributed by atoms with van der Waals surface area (Å²) >= 11 is 0. The lowest BCUT2D eigenvalue weighted by atomic mass is 10.2. The normalized spacial score (nSPS) is 22.0. The molecule has 4 nitrogen and oxygen atoms in total. The number of benzene rings is 1. The van der Waals surface area contributed by atoms with E-state index in [4.69, 9.17) is 10.7 Å². The van der Waals surface area contributed by atoms with Gasteiger partial charge >= 0.3 is 0 Å². The second-order valence-corrected chi connectivity index (χ2v) is 7.40. The minimum Gasteiger partial charge on any atom is -0.349 e. The quantitative estimate of drug-likeness (QED) is 0.850. The number of hydrogen-bond acceptors (Lipinski definition) is 3. The van der Waals surface area contributed by atoms with Crippen LogP contribution in [-0.2, 0) is 9.05 Å². The lowest BCUT2D eigenvalue weighted by Crippen LogP contribution is -2.26. The lowest BCUT2D eigenvalue weighted by Gasteiger charge is -2.05. The Balaban J connectivity index is 2.04. The third-order valence-corrected chi connectivity index (χ3v) is 4.63. The Bertz CT molecular complexity index is 585. The molecule has 0 aromatic heterocycles. The molecule has 0 spiro atoms. The van der Waals surface area contributed by atoms with E-state index < -0.39 is 9.05 Å². The standard InChI is InChI=1S/C13H16ClNO3S/c1-2-4-9-8-12(9)15-13(16)10-5-3-6-11(7-10)19(14,17)18/h3,5-7,9,12H,2,4,8H2,1H3,(H,15,16). The molecular formula is C13H16ClNO3S. The van der Waals surface area contributed by atoms with E-state index in [-0.39, 0.29) is 16.8 Å². The van der Waals surface area contributed by atoms with Crippen LogP contribution in [0.4, 0.5) is 0 Å². The molecule has 1 amide bonds. The zero-order chi connectivity index (χ0) is 14.0. The van der Waals surface area contributed by atoms with Gasteiger partial charge in [-0.15, -0.1) is 0 Å². The van der Waals surface area contributed by atoms with Crippen molar-refractivity contribution >= 4 is 25.6 Å². The first kappa shape index (κ1) is 14.3. The van der Waals surface area contributed by atoms with E-state index in [1.54, 1.807) is 6.07 Å². The van der Waals surface area contributed by atoms with Crippen LogP contribution in [0.3, 0.4) is 0 Å². The summed E-state index contributed by atoms with van der Waals surface area (Å²) in [5, 5.41) is 2.91. The molecule has 1 saturated carbocycles. The fourth-order valence-electron chi connectivity index (χ4n) is 2.15. The van der Waals surface area contributed by atoms with Crippen LogP contribution >= 0.6 is 10.7 Å². The minimum atomic E-state index is -3.80. The van der Waals surface area contributed by atoms with E-state index in [2.05, 4.69) is 12.2 Å². The van der Waals surface area contributed by atoms with E-state index in [9.17, 15) is 13.2 Å². The van der Waals surface area contributed by atoms with Gasteiger partial charge < -0.3 is 5.32 Å². The fraction of sp³-hybridized carbons (Fsp3) is 0.462. The zero-order valence-corrected chi connectivity index (χ0v) is 12.2. The number of carbonyl (C=O) groups is 1. The maximum Gasteiger partial charge on any atom is 0.261 e. The molecule has 1 aliphatic rings. The molecule has 1 N–H and O–H groups in total. The van der Waals surface area contributed by atoms with Crippen molar-refractivity contribution in [3.63, 3.8) is 0 Å². The van der Waals surface area contributed by atoms with Gasteiger partial charge in [0.1, 0.15) is 0 Å². The molecule has 0 aliphatic heterocycles. The van der Waals surface area contributed by atoms with E-state index in [1.165, 1.54) is 18.2 Å². The Morgan fingerprint density at radius 3 is 2.84 bits per heavy atom. The van der Waals surface area contributed by atoms with Gasteiger partial charge in [-0.3, -0.25) is 4.79 Å². The molecule has 2 rings (SSSR count). The van der Waals surface area contributed by atoms with Gasteiger partial charge in [-0.2, -0.15) is 0 Å². The molecule has 19 heavy (non-hydrogen) atoms. The van der Waals surface area contributed by atoms with Gasteiger partial charge in [-0.25, -0.2) is 8.42 Å². The van der Waals surface area contributed by atoms with Crippen molar-refractivity contribution in [3.05, 3.63) is 29.8 Å². The van der Waals surface area contributed by atoms with Crippen LogP contribution in [0.15, 0.2) is 29.2 Å². The van der Waals surface area contributed by atoms with Crippen molar-refractivity contribution in [2.24, 2.45) is 5.92 Å². The number of amides is 1. The van der Waals surface area contributed by atoms with Crippen molar-refractivity contribution in [2.75, 3.05) is 0 Å². The fourth-order valence-corrected chi connectivity index (χ4v) is 2.95. The topological polar surface area (TPSA) is 63.2 Å². The van der Waals surface area contributed by atoms with E-state index in [0.717, 1.165) is 19.3 Å². The summed E-state index contributed by atoms with van der Waals surface area (Å²) in [6, 6.07) is 5.99. The number of nitrogens with one attached hydrogen (secondary N) is 1. The predicted molar refractivity (Wildman–Crippen MR) is 73.8 cm³/mol. The highest BCUT2D eigenvalue weighted by atomic mass is 35.7. The monoisotopic (exact) mass is 301 g/mol. The van der Waals surface area contributed by atoms with Crippen LogP contribution in [-0.4, -0.2) is 20.4 Å². The summed E-state index contributed by atoms with van der Waals surface area (Å²) in [5.74, 6) is 0.319. The lowest BCUT2D eigenvalue weighted by molar-refractivity contribution is 0.0948. The van der Waals surface area contributed by atoms with Crippen LogP contribution in [0.1, 0.15) is 36.5 Å². The maximum atomic E-state index is 12.0. The van der Waals surface area contributed by atoms with Crippen molar-refractivity contribution in [2.45, 2.75) is 37.1 Å². The van der Waals surface area contributed by atoms with Gasteiger partial charge in [0, 0.05) is 22.3 Å². The molecule has 1 fully saturated rings. The highest BCUT2D eigenvalue weighted by Gasteiger charge is 2.37. The molecule has 0 radical (unpaired) electrons. The Morgan fingerprint density at radius 1 is 1.47 bits per heavy atom. The van der Waals surface area contributed by atoms with Crippen molar-refractivity contribution in [1.29, 1.82) is 0 Å². The van der Waals surface area contributed by atoms with Crippen LogP contribution in [0.5, 0.6) is 0 Å². The third kappa shape index (κ3) is 3.70. The molecule has 2 atom stereocenters. The SMILES string of the molecule is CCCC1CC1NC(=O)c1cccc(S(=O)(=O)Cl)c1. The minimum absolute atomic E-state index is 0.0530. The summed E-state index contributed by atoms with van der Waals surface area (Å²) in [6.45, 7) is 2.12. The number of carbonyl (C=O) groups excluding carboxylic acids is 1. The molecule has 0 saturated heterocycles. The first-order valence-corrected chi connectivity index (χ1v) is 8.58. The Morgan fingerprint density at radius 2 is 2.21 bits per heavy atom. The zero-order valence-electron chi connectivity index (χ0n) is 10.6. The Labute approximate surface area is 117 Å². The van der Waals surface area contributed by atoms with Crippen LogP contribution in [0.25, 0.3) is 0 Å². The number of hydrogen-bond donors (Lipinski definition) is 1. The summed E-state index contributed by atoms with van der Waals surface area (Å²) in [5.41, 5.74) is 0.323. The average molecular weight is 302 g/mol. The van der Waals surface area contributed by atoms with E-state index >= 15 is 0 Å². The van der Waals surface area contributed by atoms with E-state index in [0.29, 0.717) is 11.5 Å². The second kappa shape index (κ2) is 5.51. The molecule has 1 aromatic rings. The van der Waals surface area contributed by atoms with Gasteiger partial charge in [0.2, 0.25) is 0 Å². The number of halogens is 1. The highest BCUT2D eigenvalue weighted by molar-refractivity contribution is 8.13. The van der Waals surface area contributed by atoms with Crippen LogP contribution < -0.4 is 5.32 Å². The first-order chi connectivity index (χ1) is 8.91. The van der Waals surface area contributed by atoms with Gasteiger partial charge in [0.05, 0.1) is 4.90 Å². The highest BCUT2D eigenvalue weighted by Crippen LogP contribution is 2.34. The Hall–Kier alpha value is -1.07. The van der Waals surface area contributed by atoms with Crippen LogP contribution in [0, 0.1) is 5.92 Å². The molecule has 1 aromatic carbocycles. The summed E-state index contributed by atoms with van der Waals surface area (Å²) in [7, 11) is 1.46. The molecule has 2 unspecified atom stereocenters. The third-order valence-electron chi connectivity index (χ3n) is 3.28.